The first-order valence-corrected chi connectivity index (χ1v) is 9.87. The average molecular weight is 387 g/mol. The van der Waals surface area contributed by atoms with E-state index in [1.54, 1.807) is 0 Å². The van der Waals surface area contributed by atoms with E-state index in [9.17, 15) is 14.4 Å². The highest BCUT2D eigenvalue weighted by atomic mass is 16.6. The summed E-state index contributed by atoms with van der Waals surface area (Å²) < 4.78 is 11.1. The minimum Gasteiger partial charge on any atom is -0.486 e. The summed E-state index contributed by atoms with van der Waals surface area (Å²) in [6, 6.07) is 5.38. The third kappa shape index (κ3) is 3.63. The number of carbonyl (C=O) groups excluding carboxylic acids is 3. The fourth-order valence-corrected chi connectivity index (χ4v) is 4.09. The van der Waals surface area contributed by atoms with E-state index < -0.39 is 5.54 Å². The summed E-state index contributed by atoms with van der Waals surface area (Å²) in [5, 5.41) is 5.67. The van der Waals surface area contributed by atoms with Crippen molar-refractivity contribution in [2.75, 3.05) is 26.3 Å². The van der Waals surface area contributed by atoms with Gasteiger partial charge in [-0.05, 0) is 37.0 Å². The zero-order valence-electron chi connectivity index (χ0n) is 15.8. The van der Waals surface area contributed by atoms with Crippen LogP contribution in [0.2, 0.25) is 0 Å². The van der Waals surface area contributed by atoms with Crippen molar-refractivity contribution in [3.63, 3.8) is 0 Å². The van der Waals surface area contributed by atoms with Crippen LogP contribution in [0.4, 0.5) is 4.79 Å². The molecule has 1 aromatic carbocycles. The third-order valence-electron chi connectivity index (χ3n) is 5.61. The maximum absolute atomic E-state index is 12.6. The van der Waals surface area contributed by atoms with Gasteiger partial charge in [0, 0.05) is 19.5 Å². The van der Waals surface area contributed by atoms with E-state index in [2.05, 4.69) is 10.6 Å². The molecule has 0 aromatic heterocycles. The van der Waals surface area contributed by atoms with Crippen molar-refractivity contribution in [1.82, 2.24) is 15.5 Å². The van der Waals surface area contributed by atoms with E-state index in [0.29, 0.717) is 39.0 Å². The lowest BCUT2D eigenvalue weighted by molar-refractivity contribution is -0.131. The number of hydrogen-bond donors (Lipinski definition) is 2. The van der Waals surface area contributed by atoms with Crippen molar-refractivity contribution in [2.24, 2.45) is 0 Å². The maximum Gasteiger partial charge on any atom is 0.325 e. The number of urea groups is 1. The number of nitrogens with one attached hydrogen (secondary N) is 2. The molecule has 1 saturated heterocycles. The molecule has 1 aromatic rings. The number of rotatable bonds is 6. The Morgan fingerprint density at radius 1 is 1.14 bits per heavy atom. The molecule has 4 rings (SSSR count). The van der Waals surface area contributed by atoms with Gasteiger partial charge in [0.05, 0.1) is 0 Å². The Kier molecular flexibility index (Phi) is 5.11. The van der Waals surface area contributed by atoms with E-state index in [-0.39, 0.29) is 30.8 Å². The molecule has 150 valence electrons. The maximum atomic E-state index is 12.6. The molecule has 1 saturated carbocycles. The molecule has 2 aliphatic heterocycles. The fourth-order valence-electron chi connectivity index (χ4n) is 4.09. The summed E-state index contributed by atoms with van der Waals surface area (Å²) >= 11 is 0. The molecular weight excluding hydrogens is 362 g/mol. The zero-order valence-corrected chi connectivity index (χ0v) is 15.8. The van der Waals surface area contributed by atoms with Crippen LogP contribution in [0.1, 0.15) is 37.7 Å². The van der Waals surface area contributed by atoms with Crippen molar-refractivity contribution in [2.45, 2.75) is 44.1 Å². The molecule has 0 radical (unpaired) electrons. The number of nitrogens with zero attached hydrogens (tertiary/aromatic N) is 1. The van der Waals surface area contributed by atoms with Gasteiger partial charge in [-0.2, -0.15) is 0 Å². The van der Waals surface area contributed by atoms with E-state index in [0.717, 1.165) is 29.9 Å². The van der Waals surface area contributed by atoms with Gasteiger partial charge in [-0.1, -0.05) is 18.9 Å². The molecule has 2 heterocycles. The summed E-state index contributed by atoms with van der Waals surface area (Å²) in [6.45, 7) is 1.68. The molecule has 8 nitrogen and oxygen atoms in total. The van der Waals surface area contributed by atoms with Gasteiger partial charge < -0.3 is 20.1 Å². The molecule has 0 atom stereocenters. The fraction of sp³-hybridized carbons (Fsp3) is 0.550. The second-order valence-corrected chi connectivity index (χ2v) is 7.50. The van der Waals surface area contributed by atoms with Gasteiger partial charge in [-0.25, -0.2) is 4.79 Å². The molecule has 0 bridgehead atoms. The van der Waals surface area contributed by atoms with Gasteiger partial charge in [0.2, 0.25) is 5.91 Å². The monoisotopic (exact) mass is 387 g/mol. The summed E-state index contributed by atoms with van der Waals surface area (Å²) in [5.41, 5.74) is 0.327. The first-order valence-electron chi connectivity index (χ1n) is 9.87. The molecule has 8 heteroatoms. The van der Waals surface area contributed by atoms with Crippen LogP contribution >= 0.6 is 0 Å². The van der Waals surface area contributed by atoms with E-state index in [1.165, 1.54) is 4.90 Å². The van der Waals surface area contributed by atoms with Crippen LogP contribution in [-0.2, 0) is 16.0 Å². The first-order chi connectivity index (χ1) is 13.6. The van der Waals surface area contributed by atoms with Gasteiger partial charge in [0.25, 0.3) is 5.91 Å². The predicted molar refractivity (Wildman–Crippen MR) is 100 cm³/mol. The molecule has 1 spiro atoms. The Labute approximate surface area is 163 Å². The summed E-state index contributed by atoms with van der Waals surface area (Å²) in [4.78, 5) is 38.0. The van der Waals surface area contributed by atoms with E-state index >= 15 is 0 Å². The number of amides is 4. The van der Waals surface area contributed by atoms with Crippen molar-refractivity contribution < 1.29 is 23.9 Å². The molecule has 2 fully saturated rings. The normalized spacial score (nSPS) is 19.8. The number of ether oxygens (including phenoxy) is 2. The van der Waals surface area contributed by atoms with Gasteiger partial charge >= 0.3 is 6.03 Å². The van der Waals surface area contributed by atoms with Crippen molar-refractivity contribution in [3.8, 4) is 11.5 Å². The van der Waals surface area contributed by atoms with Crippen molar-refractivity contribution in [3.05, 3.63) is 23.8 Å². The second kappa shape index (κ2) is 7.69. The van der Waals surface area contributed by atoms with E-state index in [4.69, 9.17) is 9.47 Å². The number of benzene rings is 1. The molecule has 1 aliphatic carbocycles. The van der Waals surface area contributed by atoms with Crippen molar-refractivity contribution >= 4 is 17.8 Å². The highest BCUT2D eigenvalue weighted by molar-refractivity contribution is 6.07. The summed E-state index contributed by atoms with van der Waals surface area (Å²) in [5.74, 6) is 1.12. The second-order valence-electron chi connectivity index (χ2n) is 7.50. The lowest BCUT2D eigenvalue weighted by Crippen LogP contribution is -2.44. The molecule has 28 heavy (non-hydrogen) atoms. The van der Waals surface area contributed by atoms with Gasteiger partial charge in [-0.15, -0.1) is 0 Å². The Morgan fingerprint density at radius 3 is 2.68 bits per heavy atom. The molecular formula is C20H25N3O5. The Balaban J connectivity index is 1.22. The lowest BCUT2D eigenvalue weighted by Gasteiger charge is -2.20. The Morgan fingerprint density at radius 2 is 1.89 bits per heavy atom. The van der Waals surface area contributed by atoms with Crippen LogP contribution in [0.25, 0.3) is 0 Å². The minimum atomic E-state index is -0.716. The number of imide groups is 1. The molecule has 2 N–H and O–H groups in total. The zero-order chi connectivity index (χ0) is 19.6. The van der Waals surface area contributed by atoms with Gasteiger partial charge in [-0.3, -0.25) is 14.5 Å². The number of fused-ring (bicyclic) bond motifs is 1. The minimum absolute atomic E-state index is 0.108. The number of carbonyl (C=O) groups is 3. The highest BCUT2D eigenvalue weighted by Crippen LogP contribution is 2.35. The van der Waals surface area contributed by atoms with Crippen LogP contribution in [0.15, 0.2) is 18.2 Å². The van der Waals surface area contributed by atoms with Crippen LogP contribution in [0.3, 0.4) is 0 Å². The molecule has 4 amide bonds. The van der Waals surface area contributed by atoms with Crippen LogP contribution < -0.4 is 20.1 Å². The Hall–Kier alpha value is -2.77. The van der Waals surface area contributed by atoms with Crippen molar-refractivity contribution in [1.29, 1.82) is 0 Å². The first kappa shape index (κ1) is 18.6. The van der Waals surface area contributed by atoms with Crippen LogP contribution in [-0.4, -0.2) is 54.6 Å². The smallest absolute Gasteiger partial charge is 0.325 e. The largest absolute Gasteiger partial charge is 0.486 e. The Bertz CT molecular complexity index is 788. The highest BCUT2D eigenvalue weighted by Gasteiger charge is 2.52. The van der Waals surface area contributed by atoms with Gasteiger partial charge in [0.1, 0.15) is 18.8 Å². The quantitative estimate of drug-likeness (QED) is 0.719. The van der Waals surface area contributed by atoms with Crippen LogP contribution in [0.5, 0.6) is 11.5 Å². The predicted octanol–water partition coefficient (Wildman–Crippen LogP) is 1.37. The topological polar surface area (TPSA) is 97.0 Å². The van der Waals surface area contributed by atoms with Gasteiger partial charge in [0.15, 0.2) is 11.5 Å². The molecule has 0 unspecified atom stereocenters. The van der Waals surface area contributed by atoms with Crippen LogP contribution in [0, 0.1) is 0 Å². The van der Waals surface area contributed by atoms with E-state index in [1.807, 2.05) is 18.2 Å². The number of hydrogen-bond acceptors (Lipinski definition) is 5. The molecule has 3 aliphatic rings. The average Bonchev–Trinajstić information content (AvgIpc) is 3.25. The SMILES string of the molecule is O=C(CCN1C(=O)NC2(CCCC2)C1=O)NCCc1ccc2c(c1)OCCO2. The standard InChI is InChI=1S/C20H25N3O5/c24-17(6-10-23-18(25)20(22-19(23)26)7-1-2-8-20)21-9-5-14-3-4-15-16(13-14)28-12-11-27-15/h3-4,13H,1-2,5-12H2,(H,21,24)(H,22,26). The summed E-state index contributed by atoms with van der Waals surface area (Å²) in [7, 11) is 0. The summed E-state index contributed by atoms with van der Waals surface area (Å²) in [6.07, 6.45) is 4.04. The lowest BCUT2D eigenvalue weighted by atomic mass is 9.98. The third-order valence-corrected chi connectivity index (χ3v) is 5.61.